The fourth-order valence-corrected chi connectivity index (χ4v) is 0.841. The average molecular weight is 131 g/mol. The molecule has 0 saturated carbocycles. The molecule has 1 unspecified atom stereocenters. The van der Waals surface area contributed by atoms with Gasteiger partial charge in [-0.3, -0.25) is 0 Å². The van der Waals surface area contributed by atoms with Crippen LogP contribution in [0.25, 0.3) is 0 Å². The van der Waals surface area contributed by atoms with Gasteiger partial charge in [0, 0.05) is 0 Å². The Morgan fingerprint density at radius 1 is 1.75 bits per heavy atom. The van der Waals surface area contributed by atoms with Crippen LogP contribution in [-0.4, -0.2) is 16.1 Å². The van der Waals surface area contributed by atoms with Crippen molar-refractivity contribution in [2.45, 2.75) is 32.8 Å². The summed E-state index contributed by atoms with van der Waals surface area (Å²) in [5, 5.41) is 0. The molecule has 0 amide bonds. The van der Waals surface area contributed by atoms with Gasteiger partial charge in [0.1, 0.15) is 16.1 Å². The molecule has 2 nitrogen and oxygen atoms in total. The van der Waals surface area contributed by atoms with Crippen molar-refractivity contribution < 1.29 is 4.84 Å². The summed E-state index contributed by atoms with van der Waals surface area (Å²) in [6.07, 6.45) is 2.57. The Morgan fingerprint density at radius 2 is 2.38 bits per heavy atom. The highest BCUT2D eigenvalue weighted by molar-refractivity contribution is 5.91. The second-order valence-corrected chi connectivity index (χ2v) is 2.09. The maximum atomic E-state index is 4.92. The van der Waals surface area contributed by atoms with Crippen LogP contribution in [0.3, 0.4) is 0 Å². The quantitative estimate of drug-likeness (QED) is 0.411. The molecule has 0 aliphatic carbocycles. The standard InChI is InChI=1S/C5H13NOSi/c1-3-4-5(2)7-6-8/h5H,3-4,8H2,1-2H3. The summed E-state index contributed by atoms with van der Waals surface area (Å²) in [6.45, 7) is 4.17. The number of hydrogen-bond acceptors (Lipinski definition) is 2. The van der Waals surface area contributed by atoms with Crippen molar-refractivity contribution in [3.05, 3.63) is 0 Å². The van der Waals surface area contributed by atoms with Crippen LogP contribution in [0.4, 0.5) is 0 Å². The van der Waals surface area contributed by atoms with Gasteiger partial charge in [-0.1, -0.05) is 13.3 Å². The van der Waals surface area contributed by atoms with E-state index in [1.807, 2.05) is 6.92 Å². The van der Waals surface area contributed by atoms with Crippen molar-refractivity contribution in [2.75, 3.05) is 0 Å². The molecule has 3 heteroatoms. The van der Waals surface area contributed by atoms with E-state index in [0.717, 1.165) is 6.42 Å². The average Bonchev–Trinajstić information content (AvgIpc) is 1.68. The lowest BCUT2D eigenvalue weighted by molar-refractivity contribution is 0.0695. The molecule has 0 bridgehead atoms. The highest BCUT2D eigenvalue weighted by Gasteiger charge is 1.95. The Morgan fingerprint density at radius 3 is 2.75 bits per heavy atom. The third kappa shape index (κ3) is 3.99. The van der Waals surface area contributed by atoms with Gasteiger partial charge in [0.15, 0.2) is 0 Å². The summed E-state index contributed by atoms with van der Waals surface area (Å²) in [5.41, 5.74) is 0. The molecule has 8 heavy (non-hydrogen) atoms. The molecule has 0 aromatic rings. The molecule has 0 spiro atoms. The monoisotopic (exact) mass is 131 g/mol. The van der Waals surface area contributed by atoms with Gasteiger partial charge in [0.25, 0.3) is 0 Å². The van der Waals surface area contributed by atoms with Gasteiger partial charge in [0.2, 0.25) is 0 Å². The van der Waals surface area contributed by atoms with E-state index >= 15 is 0 Å². The van der Waals surface area contributed by atoms with E-state index in [1.54, 1.807) is 0 Å². The van der Waals surface area contributed by atoms with Crippen molar-refractivity contribution in [1.82, 2.24) is 0 Å². The van der Waals surface area contributed by atoms with E-state index in [9.17, 15) is 0 Å². The smallest absolute Gasteiger partial charge is 0.148 e. The summed E-state index contributed by atoms with van der Waals surface area (Å²) >= 11 is 0. The van der Waals surface area contributed by atoms with Crippen LogP contribution in [-0.2, 0) is 4.84 Å². The van der Waals surface area contributed by atoms with Crippen LogP contribution in [0.5, 0.6) is 0 Å². The van der Waals surface area contributed by atoms with Gasteiger partial charge in [-0.25, -0.2) is 0 Å². The lowest BCUT2D eigenvalue weighted by Gasteiger charge is -2.05. The van der Waals surface area contributed by atoms with Crippen molar-refractivity contribution in [1.29, 1.82) is 0 Å². The molecular formula is C5H13NOSi. The van der Waals surface area contributed by atoms with E-state index in [2.05, 4.69) is 11.7 Å². The van der Waals surface area contributed by atoms with E-state index in [0.29, 0.717) is 6.10 Å². The van der Waals surface area contributed by atoms with Crippen LogP contribution in [0.15, 0.2) is 4.80 Å². The van der Waals surface area contributed by atoms with Crippen LogP contribution in [0, 0.1) is 0 Å². The highest BCUT2D eigenvalue weighted by atomic mass is 28.1. The topological polar surface area (TPSA) is 21.6 Å². The number of rotatable bonds is 4. The molecule has 1 atom stereocenters. The van der Waals surface area contributed by atoms with Crippen molar-refractivity contribution in [2.24, 2.45) is 4.80 Å². The molecule has 0 aliphatic heterocycles. The first-order chi connectivity index (χ1) is 3.81. The molecule has 0 heterocycles. The normalized spacial score (nSPS) is 12.8. The van der Waals surface area contributed by atoms with Crippen LogP contribution >= 0.6 is 0 Å². The molecular weight excluding hydrogens is 118 g/mol. The largest absolute Gasteiger partial charge is 0.404 e. The summed E-state index contributed by atoms with van der Waals surface area (Å²) in [6, 6.07) is 0. The third-order valence-corrected chi connectivity index (χ3v) is 1.10. The SMILES string of the molecule is CCCC(C)ON=[SiH2]. The molecule has 0 saturated heterocycles. The highest BCUT2D eigenvalue weighted by Crippen LogP contribution is 1.99. The minimum atomic E-state index is 0.303. The fraction of sp³-hybridized carbons (Fsp3) is 1.00. The third-order valence-electron chi connectivity index (χ3n) is 0.950. The molecule has 0 rings (SSSR count). The molecule has 0 N–H and O–H groups in total. The zero-order valence-electron chi connectivity index (χ0n) is 5.55. The molecule has 0 aromatic heterocycles. The van der Waals surface area contributed by atoms with Gasteiger partial charge in [-0.2, -0.15) is 4.80 Å². The maximum absolute atomic E-state index is 4.92. The first-order valence-electron chi connectivity index (χ1n) is 2.93. The van der Waals surface area contributed by atoms with Crippen molar-refractivity contribution in [3.8, 4) is 0 Å². The lowest BCUT2D eigenvalue weighted by atomic mass is 10.2. The fourth-order valence-electron chi connectivity index (χ4n) is 0.586. The van der Waals surface area contributed by atoms with E-state index in [1.165, 1.54) is 16.5 Å². The minimum Gasteiger partial charge on any atom is -0.404 e. The summed E-state index contributed by atoms with van der Waals surface area (Å²) in [7, 11) is 1.49. The molecule has 0 aliphatic rings. The Bertz CT molecular complexity index is 67.4. The summed E-state index contributed by atoms with van der Waals surface area (Å²) in [5.74, 6) is 0. The number of hydrogen-bond donors (Lipinski definition) is 0. The summed E-state index contributed by atoms with van der Waals surface area (Å²) < 4.78 is 0. The van der Waals surface area contributed by atoms with Crippen LogP contribution in [0.2, 0.25) is 0 Å². The Hall–Kier alpha value is -0.183. The van der Waals surface area contributed by atoms with Gasteiger partial charge in [0.05, 0.1) is 0 Å². The number of nitrogens with zero attached hydrogens (tertiary/aromatic N) is 1. The Labute approximate surface area is 53.4 Å². The van der Waals surface area contributed by atoms with E-state index < -0.39 is 0 Å². The molecule has 48 valence electrons. The minimum absolute atomic E-state index is 0.303. The van der Waals surface area contributed by atoms with E-state index in [4.69, 9.17) is 4.84 Å². The second kappa shape index (κ2) is 4.96. The Balaban J connectivity index is 3.03. The Kier molecular flexibility index (Phi) is 4.85. The molecule has 0 aromatic carbocycles. The molecule has 0 radical (unpaired) electrons. The predicted molar refractivity (Wildman–Crippen MR) is 36.4 cm³/mol. The maximum Gasteiger partial charge on any atom is 0.148 e. The van der Waals surface area contributed by atoms with E-state index in [-0.39, 0.29) is 0 Å². The van der Waals surface area contributed by atoms with Crippen molar-refractivity contribution in [3.63, 3.8) is 0 Å². The summed E-state index contributed by atoms with van der Waals surface area (Å²) in [4.78, 5) is 8.50. The van der Waals surface area contributed by atoms with Crippen LogP contribution < -0.4 is 0 Å². The van der Waals surface area contributed by atoms with Gasteiger partial charge in [-0.05, 0) is 13.3 Å². The van der Waals surface area contributed by atoms with Gasteiger partial charge >= 0.3 is 0 Å². The van der Waals surface area contributed by atoms with Gasteiger partial charge in [-0.15, -0.1) is 0 Å². The van der Waals surface area contributed by atoms with Gasteiger partial charge < -0.3 is 4.84 Å². The first kappa shape index (κ1) is 7.82. The van der Waals surface area contributed by atoms with Crippen LogP contribution in [0.1, 0.15) is 26.7 Å². The zero-order valence-corrected chi connectivity index (χ0v) is 6.97. The second-order valence-electron chi connectivity index (χ2n) is 1.83. The zero-order chi connectivity index (χ0) is 6.41. The molecule has 0 fully saturated rings. The van der Waals surface area contributed by atoms with Crippen molar-refractivity contribution >= 4 is 10.0 Å². The first-order valence-corrected chi connectivity index (χ1v) is 3.56. The predicted octanol–water partition coefficient (Wildman–Crippen LogP) is 0.923. The lowest BCUT2D eigenvalue weighted by Crippen LogP contribution is -2.01.